The molecule has 100 valence electrons. The van der Waals surface area contributed by atoms with Gasteiger partial charge in [-0.25, -0.2) is 0 Å². The van der Waals surface area contributed by atoms with Crippen LogP contribution >= 0.6 is 0 Å². The minimum atomic E-state index is 0.275. The van der Waals surface area contributed by atoms with Gasteiger partial charge in [-0.2, -0.15) is 0 Å². The molecule has 0 bridgehead atoms. The second-order valence-electron chi connectivity index (χ2n) is 5.58. The highest BCUT2D eigenvalue weighted by atomic mass is 16.5. The molecule has 2 unspecified atom stereocenters. The number of ether oxygens (including phenoxy) is 1. The highest BCUT2D eigenvalue weighted by molar-refractivity contribution is 4.80. The van der Waals surface area contributed by atoms with Crippen molar-refractivity contribution >= 4 is 0 Å². The molecule has 0 aromatic carbocycles. The average molecular weight is 241 g/mol. The van der Waals surface area contributed by atoms with Crippen LogP contribution in [0.1, 0.15) is 51.4 Å². The van der Waals surface area contributed by atoms with E-state index in [0.29, 0.717) is 12.0 Å². The molecule has 0 radical (unpaired) electrons. The zero-order valence-corrected chi connectivity index (χ0v) is 10.9. The third-order valence-electron chi connectivity index (χ3n) is 4.30. The maximum Gasteiger partial charge on any atom is 0.0700 e. The fraction of sp³-hybridized carbons (Fsp3) is 1.00. The largest absolute Gasteiger partial charge is 0.395 e. The Morgan fingerprint density at radius 3 is 2.41 bits per heavy atom. The molecule has 2 N–H and O–H groups in total. The smallest absolute Gasteiger partial charge is 0.0700 e. The summed E-state index contributed by atoms with van der Waals surface area (Å²) < 4.78 is 5.62. The Kier molecular flexibility index (Phi) is 5.75. The van der Waals surface area contributed by atoms with Crippen molar-refractivity contribution in [3.63, 3.8) is 0 Å². The highest BCUT2D eigenvalue weighted by Gasteiger charge is 2.23. The number of rotatable bonds is 5. The highest BCUT2D eigenvalue weighted by Crippen LogP contribution is 2.25. The van der Waals surface area contributed by atoms with Crippen LogP contribution < -0.4 is 5.32 Å². The van der Waals surface area contributed by atoms with E-state index in [2.05, 4.69) is 5.32 Å². The first-order valence-electron chi connectivity index (χ1n) is 7.36. The van der Waals surface area contributed by atoms with Gasteiger partial charge in [-0.05, 0) is 31.6 Å². The van der Waals surface area contributed by atoms with E-state index in [-0.39, 0.29) is 12.6 Å². The molecule has 2 atom stereocenters. The van der Waals surface area contributed by atoms with Crippen LogP contribution in [0.4, 0.5) is 0 Å². The predicted molar refractivity (Wildman–Crippen MR) is 69.0 cm³/mol. The van der Waals surface area contributed by atoms with Gasteiger partial charge in [-0.3, -0.25) is 0 Å². The van der Waals surface area contributed by atoms with Crippen molar-refractivity contribution in [2.75, 3.05) is 19.8 Å². The van der Waals surface area contributed by atoms with Gasteiger partial charge in [0, 0.05) is 19.2 Å². The Hall–Kier alpha value is -0.120. The molecule has 2 fully saturated rings. The van der Waals surface area contributed by atoms with E-state index in [1.165, 1.54) is 51.4 Å². The molecule has 1 aliphatic heterocycles. The van der Waals surface area contributed by atoms with Crippen LogP contribution in [0.3, 0.4) is 0 Å². The minimum Gasteiger partial charge on any atom is -0.395 e. The maximum absolute atomic E-state index is 9.54. The Labute approximate surface area is 105 Å². The summed E-state index contributed by atoms with van der Waals surface area (Å²) in [4.78, 5) is 0. The van der Waals surface area contributed by atoms with E-state index in [1.54, 1.807) is 0 Å². The molecule has 1 heterocycles. The lowest BCUT2D eigenvalue weighted by molar-refractivity contribution is 0.0971. The monoisotopic (exact) mass is 241 g/mol. The normalized spacial score (nSPS) is 29.1. The quantitative estimate of drug-likeness (QED) is 0.724. The minimum absolute atomic E-state index is 0.275. The summed E-state index contributed by atoms with van der Waals surface area (Å²) in [6, 6.07) is 0.289. The van der Waals surface area contributed by atoms with Crippen LogP contribution in [-0.2, 0) is 4.74 Å². The molecule has 0 spiro atoms. The molecule has 1 saturated heterocycles. The van der Waals surface area contributed by atoms with E-state index in [4.69, 9.17) is 4.74 Å². The van der Waals surface area contributed by atoms with Gasteiger partial charge in [-0.1, -0.05) is 25.7 Å². The van der Waals surface area contributed by atoms with Crippen molar-refractivity contribution in [1.29, 1.82) is 0 Å². The molecule has 3 heteroatoms. The van der Waals surface area contributed by atoms with Gasteiger partial charge in [0.05, 0.1) is 12.7 Å². The summed E-state index contributed by atoms with van der Waals surface area (Å²) in [5.74, 6) is 0.670. The molecular formula is C14H27NO2. The van der Waals surface area contributed by atoms with Crippen LogP contribution in [-0.4, -0.2) is 37.0 Å². The third-order valence-corrected chi connectivity index (χ3v) is 4.30. The molecule has 2 aliphatic rings. The third kappa shape index (κ3) is 4.23. The van der Waals surface area contributed by atoms with Crippen molar-refractivity contribution < 1.29 is 9.84 Å². The summed E-state index contributed by atoms with van der Waals surface area (Å²) in [5.41, 5.74) is 0. The first kappa shape index (κ1) is 13.3. The molecule has 2 rings (SSSR count). The standard InChI is InChI=1S/C14H27NO2/c16-11-14(12-6-3-1-2-4-7-12)15-10-13-8-5-9-17-13/h12-16H,1-11H2. The van der Waals surface area contributed by atoms with Crippen molar-refractivity contribution in [1.82, 2.24) is 5.32 Å². The van der Waals surface area contributed by atoms with Crippen LogP contribution in [0.15, 0.2) is 0 Å². The SMILES string of the molecule is OCC(NCC1CCCO1)C1CCCCCC1. The summed E-state index contributed by atoms with van der Waals surface area (Å²) in [5, 5.41) is 13.1. The summed E-state index contributed by atoms with van der Waals surface area (Å²) >= 11 is 0. The number of nitrogens with one attached hydrogen (secondary N) is 1. The van der Waals surface area contributed by atoms with E-state index in [1.807, 2.05) is 0 Å². The number of hydrogen-bond acceptors (Lipinski definition) is 3. The Balaban J connectivity index is 1.73. The van der Waals surface area contributed by atoms with Gasteiger partial charge in [0.2, 0.25) is 0 Å². The van der Waals surface area contributed by atoms with Gasteiger partial charge in [0.1, 0.15) is 0 Å². The number of aliphatic hydroxyl groups is 1. The fourth-order valence-electron chi connectivity index (χ4n) is 3.18. The Bertz CT molecular complexity index is 196. The first-order valence-corrected chi connectivity index (χ1v) is 7.36. The van der Waals surface area contributed by atoms with Crippen molar-refractivity contribution in [2.45, 2.75) is 63.5 Å². The van der Waals surface area contributed by atoms with E-state index >= 15 is 0 Å². The van der Waals surface area contributed by atoms with E-state index in [0.717, 1.165) is 13.2 Å². The van der Waals surface area contributed by atoms with Crippen molar-refractivity contribution in [3.8, 4) is 0 Å². The lowest BCUT2D eigenvalue weighted by Gasteiger charge is -2.26. The fourth-order valence-corrected chi connectivity index (χ4v) is 3.18. The second kappa shape index (κ2) is 7.34. The van der Waals surface area contributed by atoms with Crippen molar-refractivity contribution in [3.05, 3.63) is 0 Å². The van der Waals surface area contributed by atoms with Gasteiger partial charge in [0.25, 0.3) is 0 Å². The van der Waals surface area contributed by atoms with Gasteiger partial charge in [-0.15, -0.1) is 0 Å². The van der Waals surface area contributed by atoms with Gasteiger partial charge >= 0.3 is 0 Å². The van der Waals surface area contributed by atoms with Crippen molar-refractivity contribution in [2.24, 2.45) is 5.92 Å². The number of aliphatic hydroxyl groups excluding tert-OH is 1. The average Bonchev–Trinajstić information content (AvgIpc) is 2.72. The molecule has 3 nitrogen and oxygen atoms in total. The zero-order chi connectivity index (χ0) is 11.9. The molecule has 0 aromatic heterocycles. The first-order chi connectivity index (χ1) is 8.40. The van der Waals surface area contributed by atoms with E-state index in [9.17, 15) is 5.11 Å². The molecular weight excluding hydrogens is 214 g/mol. The van der Waals surface area contributed by atoms with Crippen LogP contribution in [0, 0.1) is 5.92 Å². The summed E-state index contributed by atoms with van der Waals surface area (Å²) in [6.07, 6.45) is 10.7. The lowest BCUT2D eigenvalue weighted by Crippen LogP contribution is -2.42. The molecule has 0 amide bonds. The van der Waals surface area contributed by atoms with Crippen LogP contribution in [0.2, 0.25) is 0 Å². The van der Waals surface area contributed by atoms with Gasteiger partial charge < -0.3 is 15.2 Å². The van der Waals surface area contributed by atoms with Gasteiger partial charge in [0.15, 0.2) is 0 Å². The summed E-state index contributed by atoms with van der Waals surface area (Å²) in [6.45, 7) is 2.11. The summed E-state index contributed by atoms with van der Waals surface area (Å²) in [7, 11) is 0. The number of hydrogen-bond donors (Lipinski definition) is 2. The van der Waals surface area contributed by atoms with Crippen LogP contribution in [0.5, 0.6) is 0 Å². The second-order valence-corrected chi connectivity index (χ2v) is 5.58. The van der Waals surface area contributed by atoms with Crippen LogP contribution in [0.25, 0.3) is 0 Å². The molecule has 17 heavy (non-hydrogen) atoms. The lowest BCUT2D eigenvalue weighted by atomic mass is 9.92. The van der Waals surface area contributed by atoms with E-state index < -0.39 is 0 Å². The molecule has 0 aromatic rings. The Morgan fingerprint density at radius 2 is 1.82 bits per heavy atom. The topological polar surface area (TPSA) is 41.5 Å². The molecule has 1 saturated carbocycles. The Morgan fingerprint density at radius 1 is 1.06 bits per heavy atom. The zero-order valence-electron chi connectivity index (χ0n) is 10.9. The predicted octanol–water partition coefficient (Wildman–Crippen LogP) is 2.09. The molecule has 1 aliphatic carbocycles. The maximum atomic E-state index is 9.54.